The van der Waals surface area contributed by atoms with Crippen LogP contribution in [0.3, 0.4) is 0 Å². The highest BCUT2D eigenvalue weighted by Gasteiger charge is 2.13. The number of rotatable bonds is 4. The summed E-state index contributed by atoms with van der Waals surface area (Å²) in [5, 5.41) is 2.51. The van der Waals surface area contributed by atoms with Gasteiger partial charge in [-0.05, 0) is 12.1 Å². The van der Waals surface area contributed by atoms with Crippen LogP contribution in [0.2, 0.25) is 0 Å². The van der Waals surface area contributed by atoms with Crippen LogP contribution in [0.4, 0.5) is 5.69 Å². The Morgan fingerprint density at radius 2 is 2.00 bits per heavy atom. The largest absolute Gasteiger partial charge is 0.328 e. The average Bonchev–Trinajstić information content (AvgIpc) is 2.18. The molecule has 1 amide bonds. The molecule has 0 fully saturated rings. The van der Waals surface area contributed by atoms with Gasteiger partial charge in [0.05, 0.1) is 5.69 Å². The van der Waals surface area contributed by atoms with E-state index in [4.69, 9.17) is 0 Å². The van der Waals surface area contributed by atoms with Gasteiger partial charge in [-0.15, -0.1) is 0 Å². The van der Waals surface area contributed by atoms with Gasteiger partial charge in [0, 0.05) is 11.5 Å². The van der Waals surface area contributed by atoms with Crippen molar-refractivity contribution >= 4 is 17.9 Å². The summed E-state index contributed by atoms with van der Waals surface area (Å²) in [6, 6.07) is 6.99. The fourth-order valence-electron chi connectivity index (χ4n) is 1.20. The standard InChI is InChI=1S/C11H13NO2/c1-8(2)11(14)9-5-3-4-6-10(9)12-7-13/h3-8H,1-2H3,(H,12,13). The maximum atomic E-state index is 11.7. The van der Waals surface area contributed by atoms with Gasteiger partial charge in [-0.25, -0.2) is 0 Å². The van der Waals surface area contributed by atoms with Crippen LogP contribution in [0.25, 0.3) is 0 Å². The fourth-order valence-corrected chi connectivity index (χ4v) is 1.20. The minimum absolute atomic E-state index is 0.0370. The second kappa shape index (κ2) is 4.56. The van der Waals surface area contributed by atoms with E-state index >= 15 is 0 Å². The molecule has 74 valence electrons. The number of benzene rings is 1. The van der Waals surface area contributed by atoms with Crippen LogP contribution in [-0.4, -0.2) is 12.2 Å². The molecule has 1 rings (SSSR count). The summed E-state index contributed by atoms with van der Waals surface area (Å²) in [5.74, 6) is -0.0282. The molecule has 0 heterocycles. The van der Waals surface area contributed by atoms with Crippen molar-refractivity contribution < 1.29 is 9.59 Å². The Morgan fingerprint density at radius 3 is 2.57 bits per heavy atom. The first kappa shape index (κ1) is 10.4. The van der Waals surface area contributed by atoms with Crippen molar-refractivity contribution in [3.05, 3.63) is 29.8 Å². The van der Waals surface area contributed by atoms with Gasteiger partial charge in [-0.2, -0.15) is 0 Å². The highest BCUT2D eigenvalue weighted by molar-refractivity contribution is 6.03. The van der Waals surface area contributed by atoms with Gasteiger partial charge in [-0.3, -0.25) is 9.59 Å². The first-order chi connectivity index (χ1) is 6.66. The van der Waals surface area contributed by atoms with Crippen molar-refractivity contribution in [3.8, 4) is 0 Å². The van der Waals surface area contributed by atoms with E-state index in [-0.39, 0.29) is 11.7 Å². The van der Waals surface area contributed by atoms with Gasteiger partial charge in [-0.1, -0.05) is 26.0 Å². The molecule has 0 unspecified atom stereocenters. The SMILES string of the molecule is CC(C)C(=O)c1ccccc1NC=O. The van der Waals surface area contributed by atoms with E-state index in [0.29, 0.717) is 17.7 Å². The van der Waals surface area contributed by atoms with E-state index < -0.39 is 0 Å². The summed E-state index contributed by atoms with van der Waals surface area (Å²) >= 11 is 0. The maximum Gasteiger partial charge on any atom is 0.211 e. The monoisotopic (exact) mass is 191 g/mol. The first-order valence-corrected chi connectivity index (χ1v) is 4.50. The molecular formula is C11H13NO2. The third-order valence-electron chi connectivity index (χ3n) is 1.93. The van der Waals surface area contributed by atoms with Gasteiger partial charge in [0.2, 0.25) is 6.41 Å². The van der Waals surface area contributed by atoms with Gasteiger partial charge < -0.3 is 5.32 Å². The number of para-hydroxylation sites is 1. The number of Topliss-reactive ketones (excluding diaryl/α,β-unsaturated/α-hetero) is 1. The molecule has 14 heavy (non-hydrogen) atoms. The Balaban J connectivity index is 3.06. The molecule has 0 saturated heterocycles. The third kappa shape index (κ3) is 2.19. The van der Waals surface area contributed by atoms with Crippen molar-refractivity contribution in [2.45, 2.75) is 13.8 Å². The predicted octanol–water partition coefficient (Wildman–Crippen LogP) is 2.09. The normalized spacial score (nSPS) is 9.93. The number of carbonyl (C=O) groups is 2. The van der Waals surface area contributed by atoms with Crippen molar-refractivity contribution in [2.75, 3.05) is 5.32 Å². The van der Waals surface area contributed by atoms with Crippen LogP contribution < -0.4 is 5.32 Å². The molecule has 1 aromatic rings. The molecule has 0 aliphatic heterocycles. The van der Waals surface area contributed by atoms with E-state index in [9.17, 15) is 9.59 Å². The van der Waals surface area contributed by atoms with Gasteiger partial charge in [0.25, 0.3) is 0 Å². The Bertz CT molecular complexity index is 345. The number of anilines is 1. The number of hydrogen-bond donors (Lipinski definition) is 1. The molecule has 0 spiro atoms. The molecule has 3 heteroatoms. The van der Waals surface area contributed by atoms with E-state index in [2.05, 4.69) is 5.32 Å². The summed E-state index contributed by atoms with van der Waals surface area (Å²) < 4.78 is 0. The smallest absolute Gasteiger partial charge is 0.211 e. The minimum atomic E-state index is -0.0652. The molecule has 1 N–H and O–H groups in total. The number of nitrogens with one attached hydrogen (secondary N) is 1. The van der Waals surface area contributed by atoms with Crippen molar-refractivity contribution in [1.29, 1.82) is 0 Å². The summed E-state index contributed by atoms with van der Waals surface area (Å²) in [6.45, 7) is 3.67. The summed E-state index contributed by atoms with van der Waals surface area (Å²) in [7, 11) is 0. The topological polar surface area (TPSA) is 46.2 Å². The highest BCUT2D eigenvalue weighted by Crippen LogP contribution is 2.18. The van der Waals surface area contributed by atoms with Crippen LogP contribution in [0, 0.1) is 5.92 Å². The van der Waals surface area contributed by atoms with E-state index in [0.717, 1.165) is 0 Å². The van der Waals surface area contributed by atoms with Crippen LogP contribution in [0.15, 0.2) is 24.3 Å². The number of ketones is 1. The van der Waals surface area contributed by atoms with E-state index in [1.54, 1.807) is 24.3 Å². The summed E-state index contributed by atoms with van der Waals surface area (Å²) in [5.41, 5.74) is 1.14. The number of hydrogen-bond acceptors (Lipinski definition) is 2. The maximum absolute atomic E-state index is 11.7. The summed E-state index contributed by atoms with van der Waals surface area (Å²) in [6.07, 6.45) is 0.576. The highest BCUT2D eigenvalue weighted by atomic mass is 16.1. The van der Waals surface area contributed by atoms with Crippen molar-refractivity contribution in [1.82, 2.24) is 0 Å². The lowest BCUT2D eigenvalue weighted by molar-refractivity contribution is -0.105. The molecular weight excluding hydrogens is 178 g/mol. The molecule has 1 aromatic carbocycles. The molecule has 0 aliphatic carbocycles. The van der Waals surface area contributed by atoms with Gasteiger partial charge in [0.1, 0.15) is 0 Å². The molecule has 0 radical (unpaired) electrons. The molecule has 0 bridgehead atoms. The molecule has 0 aromatic heterocycles. The van der Waals surface area contributed by atoms with E-state index in [1.807, 2.05) is 13.8 Å². The predicted molar refractivity (Wildman–Crippen MR) is 55.3 cm³/mol. The second-order valence-electron chi connectivity index (χ2n) is 3.33. The zero-order valence-corrected chi connectivity index (χ0v) is 8.28. The summed E-state index contributed by atoms with van der Waals surface area (Å²) in [4.78, 5) is 22.0. The Labute approximate surface area is 83.1 Å². The van der Waals surface area contributed by atoms with Crippen LogP contribution in [0.5, 0.6) is 0 Å². The first-order valence-electron chi connectivity index (χ1n) is 4.50. The quantitative estimate of drug-likeness (QED) is 0.585. The average molecular weight is 191 g/mol. The van der Waals surface area contributed by atoms with Crippen molar-refractivity contribution in [2.24, 2.45) is 5.92 Å². The van der Waals surface area contributed by atoms with Crippen LogP contribution >= 0.6 is 0 Å². The molecule has 0 atom stereocenters. The van der Waals surface area contributed by atoms with Crippen LogP contribution in [0.1, 0.15) is 24.2 Å². The Hall–Kier alpha value is -1.64. The lowest BCUT2D eigenvalue weighted by Gasteiger charge is -2.08. The van der Waals surface area contributed by atoms with Gasteiger partial charge >= 0.3 is 0 Å². The molecule has 3 nitrogen and oxygen atoms in total. The minimum Gasteiger partial charge on any atom is -0.328 e. The lowest BCUT2D eigenvalue weighted by Crippen LogP contribution is -2.10. The zero-order valence-electron chi connectivity index (χ0n) is 8.28. The fraction of sp³-hybridized carbons (Fsp3) is 0.273. The third-order valence-corrected chi connectivity index (χ3v) is 1.93. The number of amides is 1. The molecule has 0 aliphatic rings. The second-order valence-corrected chi connectivity index (χ2v) is 3.33. The van der Waals surface area contributed by atoms with E-state index in [1.165, 1.54) is 0 Å². The number of carbonyl (C=O) groups excluding carboxylic acids is 2. The van der Waals surface area contributed by atoms with Gasteiger partial charge in [0.15, 0.2) is 5.78 Å². The Morgan fingerprint density at radius 1 is 1.36 bits per heavy atom. The van der Waals surface area contributed by atoms with Crippen LogP contribution in [-0.2, 0) is 4.79 Å². The zero-order chi connectivity index (χ0) is 10.6. The molecule has 0 saturated carbocycles. The Kier molecular flexibility index (Phi) is 3.40. The lowest BCUT2D eigenvalue weighted by atomic mass is 10.00. The van der Waals surface area contributed by atoms with Crippen molar-refractivity contribution in [3.63, 3.8) is 0 Å².